The number of carbonyl (C=O) groups is 2. The second kappa shape index (κ2) is 9.57. The van der Waals surface area contributed by atoms with Crippen LogP contribution in [0.5, 0.6) is 0 Å². The Balaban J connectivity index is 1.34. The molecule has 2 aromatic carbocycles. The van der Waals surface area contributed by atoms with Crippen LogP contribution in [-0.2, 0) is 17.8 Å². The van der Waals surface area contributed by atoms with E-state index in [1.165, 1.54) is 6.26 Å². The van der Waals surface area contributed by atoms with Crippen molar-refractivity contribution in [2.75, 3.05) is 13.2 Å². The molecule has 0 bridgehead atoms. The Morgan fingerprint density at radius 2 is 1.87 bits per heavy atom. The molecular weight excluding hydrogens is 394 g/mol. The Kier molecular flexibility index (Phi) is 6.43. The summed E-state index contributed by atoms with van der Waals surface area (Å²) in [5.74, 6) is 0.112. The standard InChI is InChI=1S/C24H25N3O4/c28-15-20-7-4-12-27(20)24(30)21-16-31-23(26-21)19-10-8-18(9-11-19)14-25-22(29)13-17-5-2-1-3-6-17/h1-3,5-6,8-11,16,20,28H,4,7,12-15H2,(H,25,29)/t20-/m0/s1. The van der Waals surface area contributed by atoms with Crippen LogP contribution in [0.4, 0.5) is 0 Å². The third kappa shape index (κ3) is 5.00. The van der Waals surface area contributed by atoms with Crippen LogP contribution in [0, 0.1) is 0 Å². The fraction of sp³-hybridized carbons (Fsp3) is 0.292. The summed E-state index contributed by atoms with van der Waals surface area (Å²) in [5.41, 5.74) is 2.92. The fourth-order valence-electron chi connectivity index (χ4n) is 3.75. The maximum absolute atomic E-state index is 12.6. The molecule has 1 aliphatic heterocycles. The van der Waals surface area contributed by atoms with Crippen molar-refractivity contribution in [1.29, 1.82) is 0 Å². The minimum atomic E-state index is -0.218. The smallest absolute Gasteiger partial charge is 0.276 e. The van der Waals surface area contributed by atoms with Gasteiger partial charge in [0.1, 0.15) is 6.26 Å². The second-order valence-electron chi connectivity index (χ2n) is 7.65. The molecule has 31 heavy (non-hydrogen) atoms. The number of amides is 2. The summed E-state index contributed by atoms with van der Waals surface area (Å²) >= 11 is 0. The van der Waals surface area contributed by atoms with Gasteiger partial charge in [0.15, 0.2) is 5.69 Å². The molecule has 2 heterocycles. The van der Waals surface area contributed by atoms with E-state index in [0.717, 1.165) is 29.5 Å². The van der Waals surface area contributed by atoms with Gasteiger partial charge in [0.25, 0.3) is 5.91 Å². The molecule has 2 N–H and O–H groups in total. The van der Waals surface area contributed by atoms with Gasteiger partial charge in [-0.15, -0.1) is 0 Å². The van der Waals surface area contributed by atoms with E-state index in [-0.39, 0.29) is 30.2 Å². The van der Waals surface area contributed by atoms with E-state index >= 15 is 0 Å². The summed E-state index contributed by atoms with van der Waals surface area (Å²) in [4.78, 5) is 30.7. The van der Waals surface area contributed by atoms with E-state index in [4.69, 9.17) is 4.42 Å². The molecule has 4 rings (SSSR count). The summed E-state index contributed by atoms with van der Waals surface area (Å²) in [6.07, 6.45) is 3.39. The summed E-state index contributed by atoms with van der Waals surface area (Å²) in [7, 11) is 0. The largest absolute Gasteiger partial charge is 0.444 e. The first-order valence-corrected chi connectivity index (χ1v) is 10.4. The molecule has 1 saturated heterocycles. The number of benzene rings is 2. The van der Waals surface area contributed by atoms with Crippen LogP contribution in [0.2, 0.25) is 0 Å². The number of nitrogens with zero attached hydrogens (tertiary/aromatic N) is 2. The Morgan fingerprint density at radius 3 is 2.61 bits per heavy atom. The highest BCUT2D eigenvalue weighted by atomic mass is 16.3. The average Bonchev–Trinajstić information content (AvgIpc) is 3.48. The zero-order chi connectivity index (χ0) is 21.6. The molecule has 2 amide bonds. The zero-order valence-electron chi connectivity index (χ0n) is 17.2. The number of aromatic nitrogens is 1. The Bertz CT molecular complexity index is 1030. The van der Waals surface area contributed by atoms with Gasteiger partial charge in [-0.3, -0.25) is 9.59 Å². The normalized spacial score (nSPS) is 15.8. The number of hydrogen-bond acceptors (Lipinski definition) is 5. The highest BCUT2D eigenvalue weighted by molar-refractivity contribution is 5.92. The molecule has 1 fully saturated rings. The quantitative estimate of drug-likeness (QED) is 0.614. The average molecular weight is 419 g/mol. The van der Waals surface area contributed by atoms with Gasteiger partial charge >= 0.3 is 0 Å². The second-order valence-corrected chi connectivity index (χ2v) is 7.65. The van der Waals surface area contributed by atoms with Crippen molar-refractivity contribution >= 4 is 11.8 Å². The van der Waals surface area contributed by atoms with Crippen molar-refractivity contribution in [2.24, 2.45) is 0 Å². The lowest BCUT2D eigenvalue weighted by Crippen LogP contribution is -2.37. The highest BCUT2D eigenvalue weighted by Gasteiger charge is 2.30. The predicted octanol–water partition coefficient (Wildman–Crippen LogP) is 2.80. The molecule has 3 aromatic rings. The number of aliphatic hydroxyl groups is 1. The highest BCUT2D eigenvalue weighted by Crippen LogP contribution is 2.23. The molecule has 1 aromatic heterocycles. The Morgan fingerprint density at radius 1 is 1.10 bits per heavy atom. The van der Waals surface area contributed by atoms with E-state index in [1.807, 2.05) is 54.6 Å². The van der Waals surface area contributed by atoms with E-state index in [0.29, 0.717) is 25.4 Å². The molecule has 0 radical (unpaired) electrons. The van der Waals surface area contributed by atoms with E-state index in [9.17, 15) is 14.7 Å². The van der Waals surface area contributed by atoms with Crippen LogP contribution in [0.3, 0.4) is 0 Å². The van der Waals surface area contributed by atoms with Gasteiger partial charge in [-0.2, -0.15) is 0 Å². The van der Waals surface area contributed by atoms with Gasteiger partial charge in [-0.05, 0) is 36.1 Å². The van der Waals surface area contributed by atoms with E-state index in [1.54, 1.807) is 4.90 Å². The monoisotopic (exact) mass is 419 g/mol. The molecule has 0 aliphatic carbocycles. The van der Waals surface area contributed by atoms with Gasteiger partial charge in [-0.25, -0.2) is 4.98 Å². The van der Waals surface area contributed by atoms with Gasteiger partial charge in [-0.1, -0.05) is 42.5 Å². The molecule has 0 spiro atoms. The first-order valence-electron chi connectivity index (χ1n) is 10.4. The van der Waals surface area contributed by atoms with Crippen molar-refractivity contribution in [3.63, 3.8) is 0 Å². The van der Waals surface area contributed by atoms with Crippen molar-refractivity contribution in [3.05, 3.63) is 77.7 Å². The maximum Gasteiger partial charge on any atom is 0.276 e. The Hall–Kier alpha value is -3.45. The lowest BCUT2D eigenvalue weighted by atomic mass is 10.1. The maximum atomic E-state index is 12.6. The number of hydrogen-bond donors (Lipinski definition) is 2. The summed E-state index contributed by atoms with van der Waals surface area (Å²) in [5, 5.41) is 12.3. The van der Waals surface area contributed by atoms with Crippen LogP contribution in [0.25, 0.3) is 11.5 Å². The van der Waals surface area contributed by atoms with Crippen LogP contribution < -0.4 is 5.32 Å². The van der Waals surface area contributed by atoms with Crippen molar-refractivity contribution in [1.82, 2.24) is 15.2 Å². The summed E-state index contributed by atoms with van der Waals surface area (Å²) in [6.45, 7) is 1.01. The van der Waals surface area contributed by atoms with Crippen molar-refractivity contribution < 1.29 is 19.1 Å². The number of aliphatic hydroxyl groups excluding tert-OH is 1. The third-order valence-electron chi connectivity index (χ3n) is 5.47. The topological polar surface area (TPSA) is 95.7 Å². The van der Waals surface area contributed by atoms with E-state index < -0.39 is 0 Å². The molecule has 160 valence electrons. The van der Waals surface area contributed by atoms with Crippen LogP contribution in [0.15, 0.2) is 65.3 Å². The molecule has 0 unspecified atom stereocenters. The minimum absolute atomic E-state index is 0.0331. The SMILES string of the molecule is O=C(Cc1ccccc1)NCc1ccc(-c2nc(C(=O)N3CCC[C@H]3CO)co2)cc1. The zero-order valence-corrected chi connectivity index (χ0v) is 17.2. The molecule has 1 atom stereocenters. The summed E-state index contributed by atoms with van der Waals surface area (Å²) in [6, 6.07) is 17.0. The first kappa shape index (κ1) is 20.8. The number of oxazole rings is 1. The van der Waals surface area contributed by atoms with Crippen LogP contribution in [0.1, 0.15) is 34.5 Å². The van der Waals surface area contributed by atoms with Crippen LogP contribution in [-0.4, -0.2) is 46.0 Å². The third-order valence-corrected chi connectivity index (χ3v) is 5.47. The van der Waals surface area contributed by atoms with Gasteiger partial charge < -0.3 is 19.7 Å². The van der Waals surface area contributed by atoms with Gasteiger partial charge in [0.2, 0.25) is 11.8 Å². The van der Waals surface area contributed by atoms with Crippen molar-refractivity contribution in [3.8, 4) is 11.5 Å². The fourth-order valence-corrected chi connectivity index (χ4v) is 3.75. The lowest BCUT2D eigenvalue weighted by Gasteiger charge is -2.21. The first-order chi connectivity index (χ1) is 15.1. The van der Waals surface area contributed by atoms with Gasteiger partial charge in [0, 0.05) is 18.7 Å². The van der Waals surface area contributed by atoms with Crippen LogP contribution >= 0.6 is 0 Å². The number of likely N-dealkylation sites (tertiary alicyclic amines) is 1. The number of carbonyl (C=O) groups excluding carboxylic acids is 2. The minimum Gasteiger partial charge on any atom is -0.444 e. The summed E-state index contributed by atoms with van der Waals surface area (Å²) < 4.78 is 5.51. The lowest BCUT2D eigenvalue weighted by molar-refractivity contribution is -0.120. The molecule has 7 heteroatoms. The number of rotatable bonds is 7. The van der Waals surface area contributed by atoms with Crippen molar-refractivity contribution in [2.45, 2.75) is 31.8 Å². The molecular formula is C24H25N3O4. The van der Waals surface area contributed by atoms with Gasteiger partial charge in [0.05, 0.1) is 19.1 Å². The molecule has 7 nitrogen and oxygen atoms in total. The van der Waals surface area contributed by atoms with E-state index in [2.05, 4.69) is 10.3 Å². The molecule has 0 saturated carbocycles. The number of nitrogens with one attached hydrogen (secondary N) is 1. The predicted molar refractivity (Wildman–Crippen MR) is 115 cm³/mol. The molecule has 1 aliphatic rings. The Labute approximate surface area is 180 Å².